The van der Waals surface area contributed by atoms with Gasteiger partial charge in [-0.3, -0.25) is 8.97 Å². The maximum atomic E-state index is 12.2. The Morgan fingerprint density at radius 2 is 1.80 bits per heavy atom. The van der Waals surface area contributed by atoms with Gasteiger partial charge in [-0.15, -0.1) is 0 Å². The van der Waals surface area contributed by atoms with Crippen molar-refractivity contribution in [2.24, 2.45) is 0 Å². The van der Waals surface area contributed by atoms with Crippen molar-refractivity contribution < 1.29 is 9.53 Å². The topological polar surface area (TPSA) is 48.5 Å². The normalized spacial score (nSPS) is 11.4. The summed E-state index contributed by atoms with van der Waals surface area (Å²) in [5.74, 6) is -0.439. The Morgan fingerprint density at radius 1 is 1.08 bits per heavy atom. The van der Waals surface area contributed by atoms with Crippen molar-refractivity contribution in [3.63, 3.8) is 0 Å². The van der Waals surface area contributed by atoms with Gasteiger partial charge in [-0.2, -0.15) is 0 Å². The van der Waals surface area contributed by atoms with Crippen LogP contribution in [-0.4, -0.2) is 27.0 Å². The van der Waals surface area contributed by atoms with E-state index in [1.165, 1.54) is 12.7 Å². The molecule has 0 aliphatic carbocycles. The molecule has 0 N–H and O–H groups in total. The van der Waals surface area contributed by atoms with Crippen LogP contribution >= 0.6 is 22.6 Å². The molecule has 0 atom stereocenters. The second-order valence-corrected chi connectivity index (χ2v) is 7.22. The van der Waals surface area contributed by atoms with Crippen LogP contribution in [0.1, 0.15) is 21.6 Å². The van der Waals surface area contributed by atoms with Gasteiger partial charge in [0.1, 0.15) is 6.33 Å². The van der Waals surface area contributed by atoms with E-state index in [0.29, 0.717) is 11.3 Å². The average molecular weight is 445 g/mol. The van der Waals surface area contributed by atoms with Gasteiger partial charge in [0, 0.05) is 3.57 Å². The number of esters is 1. The van der Waals surface area contributed by atoms with Crippen molar-refractivity contribution >= 4 is 45.2 Å². The van der Waals surface area contributed by atoms with Crippen LogP contribution < -0.4 is 0 Å². The molecule has 0 bridgehead atoms. The zero-order chi connectivity index (χ0) is 17.7. The van der Waals surface area contributed by atoms with Gasteiger partial charge >= 0.3 is 5.97 Å². The second kappa shape index (κ2) is 5.87. The molecule has 0 radical (unpaired) electrons. The van der Waals surface area contributed by atoms with Crippen molar-refractivity contribution in [1.82, 2.24) is 14.0 Å². The number of benzene rings is 2. The predicted molar refractivity (Wildman–Crippen MR) is 106 cm³/mol. The van der Waals surface area contributed by atoms with E-state index in [1.807, 2.05) is 4.40 Å². The summed E-state index contributed by atoms with van der Waals surface area (Å²) in [6.45, 7) is 4.13. The molecule has 5 nitrogen and oxygen atoms in total. The van der Waals surface area contributed by atoms with E-state index < -0.39 is 5.97 Å². The number of aromatic nitrogens is 3. The van der Waals surface area contributed by atoms with Gasteiger partial charge in [0.25, 0.3) is 0 Å². The molecule has 0 amide bonds. The summed E-state index contributed by atoms with van der Waals surface area (Å²) in [7, 11) is 1.38. The standard InChI is InChI=1S/C19H16IN3O2/c1-11-4-6-14(13(20)8-11)23-16-9-12(2)5-7-15(16)22-10-21-17(18(22)23)19(24)25-3/h4-10H,1-3H3. The van der Waals surface area contributed by atoms with Crippen LogP contribution in [0.2, 0.25) is 0 Å². The van der Waals surface area contributed by atoms with Crippen molar-refractivity contribution in [3.8, 4) is 5.69 Å². The summed E-state index contributed by atoms with van der Waals surface area (Å²) in [5.41, 5.74) is 6.43. The van der Waals surface area contributed by atoms with Crippen molar-refractivity contribution in [2.75, 3.05) is 7.11 Å². The fraction of sp³-hybridized carbons (Fsp3) is 0.158. The summed E-state index contributed by atoms with van der Waals surface area (Å²) in [5, 5.41) is 0. The van der Waals surface area contributed by atoms with Gasteiger partial charge in [-0.25, -0.2) is 9.78 Å². The Labute approximate surface area is 158 Å². The number of imidazole rings is 2. The third kappa shape index (κ3) is 2.43. The molecule has 0 aliphatic heterocycles. The lowest BCUT2D eigenvalue weighted by Gasteiger charge is -2.10. The monoisotopic (exact) mass is 445 g/mol. The quantitative estimate of drug-likeness (QED) is 0.342. The molecule has 2 heterocycles. The smallest absolute Gasteiger partial charge is 0.360 e. The Balaban J connectivity index is 2.20. The number of carbonyl (C=O) groups is 1. The van der Waals surface area contributed by atoms with E-state index in [-0.39, 0.29) is 0 Å². The molecule has 0 fully saturated rings. The first-order valence-electron chi connectivity index (χ1n) is 7.84. The van der Waals surface area contributed by atoms with Crippen LogP contribution in [0.3, 0.4) is 0 Å². The number of rotatable bonds is 2. The summed E-state index contributed by atoms with van der Waals surface area (Å²) in [4.78, 5) is 16.5. The highest BCUT2D eigenvalue weighted by Crippen LogP contribution is 2.30. The number of carbonyl (C=O) groups excluding carboxylic acids is 1. The third-order valence-electron chi connectivity index (χ3n) is 4.31. The molecule has 126 valence electrons. The molecule has 0 saturated carbocycles. The maximum absolute atomic E-state index is 12.2. The lowest BCUT2D eigenvalue weighted by Crippen LogP contribution is -2.06. The molecule has 2 aromatic heterocycles. The predicted octanol–water partition coefficient (Wildman–Crippen LogP) is 4.29. The number of aryl methyl sites for hydroxylation is 2. The molecule has 0 saturated heterocycles. The SMILES string of the molecule is COC(=O)c1ncn2c3ccc(C)cc3n(-c3ccc(C)cc3I)c12. The third-order valence-corrected chi connectivity index (χ3v) is 5.17. The largest absolute Gasteiger partial charge is 0.464 e. The van der Waals surface area contributed by atoms with E-state index in [0.717, 1.165) is 25.9 Å². The Morgan fingerprint density at radius 3 is 2.52 bits per heavy atom. The first kappa shape index (κ1) is 16.1. The highest BCUT2D eigenvalue weighted by atomic mass is 127. The number of halogens is 1. The van der Waals surface area contributed by atoms with Crippen LogP contribution in [0.15, 0.2) is 42.7 Å². The van der Waals surface area contributed by atoms with Crippen molar-refractivity contribution in [3.05, 3.63) is 63.1 Å². The number of methoxy groups -OCH3 is 1. The van der Waals surface area contributed by atoms with Gasteiger partial charge in [0.05, 0.1) is 23.8 Å². The molecular weight excluding hydrogens is 429 g/mol. The average Bonchev–Trinajstić information content (AvgIpc) is 3.12. The Kier molecular flexibility index (Phi) is 3.79. The lowest BCUT2D eigenvalue weighted by atomic mass is 10.2. The minimum atomic E-state index is -0.439. The zero-order valence-corrected chi connectivity index (χ0v) is 16.2. The van der Waals surface area contributed by atoms with E-state index in [2.05, 4.69) is 82.4 Å². The van der Waals surface area contributed by atoms with Gasteiger partial charge < -0.3 is 4.74 Å². The highest BCUT2D eigenvalue weighted by molar-refractivity contribution is 14.1. The highest BCUT2D eigenvalue weighted by Gasteiger charge is 2.23. The fourth-order valence-corrected chi connectivity index (χ4v) is 4.05. The number of fused-ring (bicyclic) bond motifs is 3. The first-order valence-corrected chi connectivity index (χ1v) is 8.92. The van der Waals surface area contributed by atoms with E-state index >= 15 is 0 Å². The van der Waals surface area contributed by atoms with E-state index in [9.17, 15) is 4.79 Å². The van der Waals surface area contributed by atoms with Gasteiger partial charge in [-0.1, -0.05) is 12.1 Å². The zero-order valence-electron chi connectivity index (χ0n) is 14.1. The number of nitrogens with zero attached hydrogens (tertiary/aromatic N) is 3. The lowest BCUT2D eigenvalue weighted by molar-refractivity contribution is 0.0596. The molecule has 4 aromatic rings. The molecule has 0 spiro atoms. The fourth-order valence-electron chi connectivity index (χ4n) is 3.14. The number of hydrogen-bond acceptors (Lipinski definition) is 3. The minimum absolute atomic E-state index is 0.313. The van der Waals surface area contributed by atoms with E-state index in [4.69, 9.17) is 4.74 Å². The molecule has 6 heteroatoms. The molecule has 4 rings (SSSR count). The van der Waals surface area contributed by atoms with Gasteiger partial charge in [-0.05, 0) is 71.8 Å². The second-order valence-electron chi connectivity index (χ2n) is 6.06. The molecule has 25 heavy (non-hydrogen) atoms. The van der Waals surface area contributed by atoms with Crippen LogP contribution in [0.25, 0.3) is 22.4 Å². The van der Waals surface area contributed by atoms with E-state index in [1.54, 1.807) is 6.33 Å². The first-order chi connectivity index (χ1) is 12.0. The molecule has 0 aliphatic rings. The Hall–Kier alpha value is -2.35. The van der Waals surface area contributed by atoms with Crippen molar-refractivity contribution in [1.29, 1.82) is 0 Å². The van der Waals surface area contributed by atoms with Crippen LogP contribution in [0.4, 0.5) is 0 Å². The number of hydrogen-bond donors (Lipinski definition) is 0. The number of ether oxygens (including phenoxy) is 1. The van der Waals surface area contributed by atoms with Gasteiger partial charge in [0.2, 0.25) is 0 Å². The van der Waals surface area contributed by atoms with Gasteiger partial charge in [0.15, 0.2) is 11.3 Å². The minimum Gasteiger partial charge on any atom is -0.464 e. The summed E-state index contributed by atoms with van der Waals surface area (Å²) in [6.07, 6.45) is 1.68. The van der Waals surface area contributed by atoms with Crippen LogP contribution in [0, 0.1) is 17.4 Å². The summed E-state index contributed by atoms with van der Waals surface area (Å²) >= 11 is 2.33. The maximum Gasteiger partial charge on any atom is 0.360 e. The Bertz CT molecular complexity index is 1140. The summed E-state index contributed by atoms with van der Waals surface area (Å²) in [6, 6.07) is 12.5. The van der Waals surface area contributed by atoms with Crippen molar-refractivity contribution in [2.45, 2.75) is 13.8 Å². The van der Waals surface area contributed by atoms with Crippen LogP contribution in [-0.2, 0) is 4.74 Å². The molecule has 0 unspecified atom stereocenters. The van der Waals surface area contributed by atoms with Crippen LogP contribution in [0.5, 0.6) is 0 Å². The molecular formula is C19H16IN3O2. The summed E-state index contributed by atoms with van der Waals surface area (Å²) < 4.78 is 10.1. The molecule has 2 aromatic carbocycles.